The van der Waals surface area contributed by atoms with E-state index in [1.54, 1.807) is 0 Å². The second-order valence-corrected chi connectivity index (χ2v) is 2.12. The molecule has 1 fully saturated rings. The van der Waals surface area contributed by atoms with Gasteiger partial charge in [0.25, 0.3) is 0 Å². The summed E-state index contributed by atoms with van der Waals surface area (Å²) >= 11 is 0. The van der Waals surface area contributed by atoms with Gasteiger partial charge in [-0.05, 0) is 12.8 Å². The molecule has 0 N–H and O–H groups in total. The summed E-state index contributed by atoms with van der Waals surface area (Å²) < 4.78 is 9.87. The van der Waals surface area contributed by atoms with Gasteiger partial charge in [0, 0.05) is 6.61 Å². The van der Waals surface area contributed by atoms with Crippen LogP contribution in [0.1, 0.15) is 12.8 Å². The summed E-state index contributed by atoms with van der Waals surface area (Å²) in [5.41, 5.74) is 0. The van der Waals surface area contributed by atoms with Crippen LogP contribution in [0.5, 0.6) is 0 Å². The summed E-state index contributed by atoms with van der Waals surface area (Å²) in [6.07, 6.45) is 2.06. The predicted molar refractivity (Wildman–Crippen MR) is 30.5 cm³/mol. The minimum atomic E-state index is -0.436. The maximum absolute atomic E-state index is 9.92. The molecule has 3 nitrogen and oxygen atoms in total. The van der Waals surface area contributed by atoms with E-state index in [0.717, 1.165) is 19.4 Å². The molecule has 1 saturated heterocycles. The summed E-state index contributed by atoms with van der Waals surface area (Å²) in [6.45, 7) is 0.981. The summed E-state index contributed by atoms with van der Waals surface area (Å²) in [6, 6.07) is 0. The quantitative estimate of drug-likeness (QED) is 0.514. The zero-order chi connectivity index (χ0) is 6.53. The van der Waals surface area contributed by atoms with Crippen molar-refractivity contribution in [2.24, 2.45) is 0 Å². The van der Waals surface area contributed by atoms with E-state index in [9.17, 15) is 5.11 Å². The molecule has 1 radical (unpaired) electrons. The maximum atomic E-state index is 9.92. The van der Waals surface area contributed by atoms with Gasteiger partial charge in [-0.3, -0.25) is 0 Å². The average molecular weight is 131 g/mol. The van der Waals surface area contributed by atoms with E-state index in [2.05, 4.69) is 0 Å². The highest BCUT2D eigenvalue weighted by atomic mass is 16.6. The third-order valence-electron chi connectivity index (χ3n) is 1.42. The summed E-state index contributed by atoms with van der Waals surface area (Å²) in [4.78, 5) is 0. The first-order valence-corrected chi connectivity index (χ1v) is 3.21. The van der Waals surface area contributed by atoms with Gasteiger partial charge in [-0.25, -0.2) is 5.11 Å². The van der Waals surface area contributed by atoms with Gasteiger partial charge in [-0.1, -0.05) is 0 Å². The van der Waals surface area contributed by atoms with Gasteiger partial charge in [-0.2, -0.15) is 0 Å². The zero-order valence-electron chi connectivity index (χ0n) is 5.34. The monoisotopic (exact) mass is 131 g/mol. The Morgan fingerprint density at radius 3 is 3.11 bits per heavy atom. The van der Waals surface area contributed by atoms with Crippen molar-refractivity contribution in [1.29, 1.82) is 0 Å². The molecule has 0 amide bonds. The van der Waals surface area contributed by atoms with Crippen LogP contribution in [0, 0.1) is 0 Å². The number of ether oxygens (including phenoxy) is 2. The van der Waals surface area contributed by atoms with Crippen molar-refractivity contribution in [2.75, 3.05) is 20.0 Å². The van der Waals surface area contributed by atoms with Gasteiger partial charge in [-0.15, -0.1) is 0 Å². The third-order valence-corrected chi connectivity index (χ3v) is 1.42. The molecule has 1 unspecified atom stereocenters. The largest absolute Gasteiger partial charge is 0.379 e. The number of rotatable bonds is 2. The second kappa shape index (κ2) is 3.82. The molecule has 0 saturated carbocycles. The van der Waals surface area contributed by atoms with E-state index in [1.165, 1.54) is 0 Å². The predicted octanol–water partition coefficient (Wildman–Crippen LogP) is 0.570. The normalized spacial score (nSPS) is 28.3. The van der Waals surface area contributed by atoms with Crippen LogP contribution in [0.15, 0.2) is 0 Å². The molecule has 0 bridgehead atoms. The Balaban J connectivity index is 2.08. The van der Waals surface area contributed by atoms with Crippen LogP contribution in [0.4, 0.5) is 0 Å². The summed E-state index contributed by atoms with van der Waals surface area (Å²) in [5.74, 6) is 0. The molecule has 9 heavy (non-hydrogen) atoms. The van der Waals surface area contributed by atoms with Crippen molar-refractivity contribution in [3.63, 3.8) is 0 Å². The van der Waals surface area contributed by atoms with Crippen LogP contribution in [0.25, 0.3) is 0 Å². The molecule has 0 spiro atoms. The molecular formula is C6H11O3. The molecule has 1 heterocycles. The first kappa shape index (κ1) is 6.99. The van der Waals surface area contributed by atoms with Gasteiger partial charge >= 0.3 is 0 Å². The average Bonchev–Trinajstić information content (AvgIpc) is 1.91. The Morgan fingerprint density at radius 1 is 1.67 bits per heavy atom. The topological polar surface area (TPSA) is 38.4 Å². The molecule has 1 atom stereocenters. The van der Waals surface area contributed by atoms with Gasteiger partial charge in [0.1, 0.15) is 0 Å². The van der Waals surface area contributed by atoms with Crippen LogP contribution in [-0.2, 0) is 14.6 Å². The Hall–Kier alpha value is -0.120. The van der Waals surface area contributed by atoms with Gasteiger partial charge in [0.2, 0.25) is 0 Å². The van der Waals surface area contributed by atoms with E-state index < -0.39 is 6.79 Å². The Labute approximate surface area is 54.6 Å². The van der Waals surface area contributed by atoms with E-state index in [4.69, 9.17) is 9.47 Å². The van der Waals surface area contributed by atoms with Crippen LogP contribution in [0.2, 0.25) is 0 Å². The molecule has 0 aromatic rings. The lowest BCUT2D eigenvalue weighted by molar-refractivity contribution is -0.123. The highest BCUT2D eigenvalue weighted by Crippen LogP contribution is 2.08. The number of hydrogen-bond acceptors (Lipinski definition) is 2. The molecule has 1 aliphatic rings. The van der Waals surface area contributed by atoms with E-state index in [1.807, 2.05) is 0 Å². The lowest BCUT2D eigenvalue weighted by Crippen LogP contribution is -2.25. The number of hydrogen-bond donors (Lipinski definition) is 0. The lowest BCUT2D eigenvalue weighted by Gasteiger charge is -2.20. The molecule has 1 aliphatic heterocycles. The molecular weight excluding hydrogens is 120 g/mol. The minimum Gasteiger partial charge on any atom is -0.379 e. The minimum absolute atomic E-state index is 0.0660. The van der Waals surface area contributed by atoms with Crippen molar-refractivity contribution in [3.8, 4) is 0 Å². The zero-order valence-corrected chi connectivity index (χ0v) is 5.34. The SMILES string of the molecule is [O]COC1CCCOC1. The van der Waals surface area contributed by atoms with E-state index in [-0.39, 0.29) is 6.10 Å². The first-order valence-electron chi connectivity index (χ1n) is 3.21. The van der Waals surface area contributed by atoms with E-state index >= 15 is 0 Å². The summed E-state index contributed by atoms with van der Waals surface area (Å²) in [7, 11) is 0. The lowest BCUT2D eigenvalue weighted by atomic mass is 10.2. The van der Waals surface area contributed by atoms with Crippen LogP contribution >= 0.6 is 0 Å². The van der Waals surface area contributed by atoms with Gasteiger partial charge in [0.05, 0.1) is 12.7 Å². The second-order valence-electron chi connectivity index (χ2n) is 2.12. The highest BCUT2D eigenvalue weighted by Gasteiger charge is 2.12. The fourth-order valence-corrected chi connectivity index (χ4v) is 0.939. The fourth-order valence-electron chi connectivity index (χ4n) is 0.939. The third kappa shape index (κ3) is 2.30. The smallest absolute Gasteiger partial charge is 0.181 e. The van der Waals surface area contributed by atoms with Crippen molar-refractivity contribution >= 4 is 0 Å². The van der Waals surface area contributed by atoms with Crippen molar-refractivity contribution in [3.05, 3.63) is 0 Å². The van der Waals surface area contributed by atoms with Gasteiger partial charge in [0.15, 0.2) is 6.79 Å². The van der Waals surface area contributed by atoms with Crippen LogP contribution in [0.3, 0.4) is 0 Å². The molecule has 1 rings (SSSR count). The van der Waals surface area contributed by atoms with Crippen LogP contribution in [-0.4, -0.2) is 26.1 Å². The van der Waals surface area contributed by atoms with Crippen molar-refractivity contribution in [2.45, 2.75) is 18.9 Å². The van der Waals surface area contributed by atoms with E-state index in [0.29, 0.717) is 6.61 Å². The Bertz CT molecular complexity index is 65.9. The van der Waals surface area contributed by atoms with Crippen LogP contribution < -0.4 is 0 Å². The molecule has 3 heteroatoms. The Kier molecular flexibility index (Phi) is 2.97. The molecule has 0 aliphatic carbocycles. The molecule has 53 valence electrons. The Morgan fingerprint density at radius 2 is 2.56 bits per heavy atom. The van der Waals surface area contributed by atoms with Crippen molar-refractivity contribution < 1.29 is 14.6 Å². The summed E-state index contributed by atoms with van der Waals surface area (Å²) in [5, 5.41) is 9.92. The maximum Gasteiger partial charge on any atom is 0.181 e. The standard InChI is InChI=1S/C6H11O3/c7-5-9-6-2-1-3-8-4-6/h6H,1-5H2. The molecule has 0 aromatic carbocycles. The van der Waals surface area contributed by atoms with Crippen molar-refractivity contribution in [1.82, 2.24) is 0 Å². The van der Waals surface area contributed by atoms with Gasteiger partial charge < -0.3 is 9.47 Å². The highest BCUT2D eigenvalue weighted by molar-refractivity contribution is 4.60. The fraction of sp³-hybridized carbons (Fsp3) is 1.00. The first-order chi connectivity index (χ1) is 4.43. The molecule has 0 aromatic heterocycles.